The molecule has 1 atom stereocenters. The minimum Gasteiger partial charge on any atom is -0.468 e. The van der Waals surface area contributed by atoms with Crippen molar-refractivity contribution in [1.29, 1.82) is 0 Å². The molecular formula is C19H19BrN2O3. The van der Waals surface area contributed by atoms with Crippen molar-refractivity contribution in [3.8, 4) is 0 Å². The number of hydrogen-bond acceptors (Lipinski definition) is 4. The van der Waals surface area contributed by atoms with E-state index in [1.807, 2.05) is 53.4 Å². The highest BCUT2D eigenvalue weighted by Gasteiger charge is 2.33. The Balaban J connectivity index is 1.73. The van der Waals surface area contributed by atoms with Crippen LogP contribution in [0.2, 0.25) is 0 Å². The fourth-order valence-electron chi connectivity index (χ4n) is 3.03. The lowest BCUT2D eigenvalue weighted by atomic mass is 9.94. The summed E-state index contributed by atoms with van der Waals surface area (Å²) in [6, 6.07) is 14.9. The molecule has 1 aliphatic heterocycles. The van der Waals surface area contributed by atoms with Crippen molar-refractivity contribution in [1.82, 2.24) is 4.90 Å². The summed E-state index contributed by atoms with van der Waals surface area (Å²) in [5.74, 6) is -0.471. The minimum atomic E-state index is -0.449. The summed E-state index contributed by atoms with van der Waals surface area (Å²) in [6.45, 7) is 0.674. The zero-order valence-corrected chi connectivity index (χ0v) is 15.5. The van der Waals surface area contributed by atoms with E-state index in [0.717, 1.165) is 21.3 Å². The third-order valence-corrected chi connectivity index (χ3v) is 4.82. The quantitative estimate of drug-likeness (QED) is 0.798. The zero-order valence-electron chi connectivity index (χ0n) is 13.9. The maximum atomic E-state index is 12.4. The number of anilines is 1. The molecule has 1 aliphatic rings. The molecule has 3 rings (SSSR count). The van der Waals surface area contributed by atoms with Crippen LogP contribution in [0.4, 0.5) is 5.69 Å². The molecule has 0 bridgehead atoms. The first-order valence-corrected chi connectivity index (χ1v) is 8.80. The highest BCUT2D eigenvalue weighted by molar-refractivity contribution is 9.10. The summed E-state index contributed by atoms with van der Waals surface area (Å²) in [6.07, 6.45) is 0.550. The van der Waals surface area contributed by atoms with Crippen LogP contribution in [0.25, 0.3) is 0 Å². The maximum Gasteiger partial charge on any atom is 0.323 e. The third-order valence-electron chi connectivity index (χ3n) is 4.29. The van der Waals surface area contributed by atoms with Gasteiger partial charge in [-0.3, -0.25) is 14.5 Å². The molecule has 0 aliphatic carbocycles. The van der Waals surface area contributed by atoms with E-state index in [1.54, 1.807) is 0 Å². The van der Waals surface area contributed by atoms with Gasteiger partial charge < -0.3 is 10.1 Å². The van der Waals surface area contributed by atoms with Gasteiger partial charge in [-0.15, -0.1) is 0 Å². The summed E-state index contributed by atoms with van der Waals surface area (Å²) in [5, 5.41) is 2.86. The van der Waals surface area contributed by atoms with Crippen LogP contribution in [-0.4, -0.2) is 36.5 Å². The average Bonchev–Trinajstić information content (AvgIpc) is 2.62. The summed E-state index contributed by atoms with van der Waals surface area (Å²) >= 11 is 3.37. The van der Waals surface area contributed by atoms with Crippen LogP contribution in [0.5, 0.6) is 0 Å². The van der Waals surface area contributed by atoms with Crippen molar-refractivity contribution in [3.63, 3.8) is 0 Å². The molecule has 130 valence electrons. The first-order chi connectivity index (χ1) is 12.1. The molecule has 0 fully saturated rings. The molecule has 5 nitrogen and oxygen atoms in total. The second kappa shape index (κ2) is 7.80. The van der Waals surface area contributed by atoms with Gasteiger partial charge in [0.1, 0.15) is 6.04 Å². The topological polar surface area (TPSA) is 58.6 Å². The van der Waals surface area contributed by atoms with Gasteiger partial charge in [0.25, 0.3) is 0 Å². The molecule has 25 heavy (non-hydrogen) atoms. The molecule has 0 radical (unpaired) electrons. The number of nitrogens with one attached hydrogen (secondary N) is 1. The standard InChI is InChI=1S/C19H19BrN2O3/c1-25-19(24)17-10-13-4-2-3-5-14(13)11-22(17)12-18(23)21-16-8-6-15(20)7-9-16/h2-9,17H,10-12H2,1H3,(H,21,23)/t17-/m1/s1. The Morgan fingerprint density at radius 2 is 1.84 bits per heavy atom. The predicted octanol–water partition coefficient (Wildman–Crippen LogP) is 2.99. The van der Waals surface area contributed by atoms with Crippen LogP contribution in [-0.2, 0) is 27.3 Å². The lowest BCUT2D eigenvalue weighted by Gasteiger charge is -2.34. The molecule has 2 aromatic rings. The third kappa shape index (κ3) is 4.27. The molecule has 0 aromatic heterocycles. The molecule has 0 unspecified atom stereocenters. The Kier molecular flexibility index (Phi) is 5.50. The normalized spacial score (nSPS) is 16.8. The van der Waals surface area contributed by atoms with Crippen LogP contribution in [0.15, 0.2) is 53.0 Å². The number of benzene rings is 2. The SMILES string of the molecule is COC(=O)[C@H]1Cc2ccccc2CN1CC(=O)Nc1ccc(Br)cc1. The summed E-state index contributed by atoms with van der Waals surface area (Å²) in [7, 11) is 1.38. The van der Waals surface area contributed by atoms with Crippen molar-refractivity contribution in [2.75, 3.05) is 19.0 Å². The number of amides is 1. The number of hydrogen-bond donors (Lipinski definition) is 1. The van der Waals surface area contributed by atoms with Gasteiger partial charge in [0.15, 0.2) is 0 Å². The second-order valence-electron chi connectivity index (χ2n) is 5.97. The maximum absolute atomic E-state index is 12.4. The van der Waals surface area contributed by atoms with Crippen molar-refractivity contribution in [2.45, 2.75) is 19.0 Å². The van der Waals surface area contributed by atoms with E-state index >= 15 is 0 Å². The highest BCUT2D eigenvalue weighted by atomic mass is 79.9. The van der Waals surface area contributed by atoms with Gasteiger partial charge in [0, 0.05) is 16.7 Å². The van der Waals surface area contributed by atoms with E-state index in [2.05, 4.69) is 21.2 Å². The number of ether oxygens (including phenoxy) is 1. The molecule has 0 saturated carbocycles. The molecule has 0 saturated heterocycles. The first-order valence-electron chi connectivity index (χ1n) is 8.01. The largest absolute Gasteiger partial charge is 0.468 e. The van der Waals surface area contributed by atoms with Gasteiger partial charge in [-0.2, -0.15) is 0 Å². The van der Waals surface area contributed by atoms with Crippen molar-refractivity contribution >= 4 is 33.5 Å². The van der Waals surface area contributed by atoms with Gasteiger partial charge in [0.05, 0.1) is 13.7 Å². The molecule has 1 N–H and O–H groups in total. The summed E-state index contributed by atoms with van der Waals surface area (Å²) in [5.41, 5.74) is 2.99. The van der Waals surface area contributed by atoms with Gasteiger partial charge >= 0.3 is 5.97 Å². The number of carbonyl (C=O) groups is 2. The van der Waals surface area contributed by atoms with Crippen molar-refractivity contribution < 1.29 is 14.3 Å². The summed E-state index contributed by atoms with van der Waals surface area (Å²) in [4.78, 5) is 26.4. The van der Waals surface area contributed by atoms with Crippen LogP contribution < -0.4 is 5.32 Å². The molecular weight excluding hydrogens is 384 g/mol. The monoisotopic (exact) mass is 402 g/mol. The Hall–Kier alpha value is -2.18. The van der Waals surface area contributed by atoms with Crippen LogP contribution >= 0.6 is 15.9 Å². The Morgan fingerprint density at radius 1 is 1.16 bits per heavy atom. The zero-order chi connectivity index (χ0) is 17.8. The number of methoxy groups -OCH3 is 1. The molecule has 6 heteroatoms. The Morgan fingerprint density at radius 3 is 2.52 bits per heavy atom. The lowest BCUT2D eigenvalue weighted by Crippen LogP contribution is -2.49. The smallest absolute Gasteiger partial charge is 0.323 e. The van der Waals surface area contributed by atoms with E-state index in [9.17, 15) is 9.59 Å². The van der Waals surface area contributed by atoms with Gasteiger partial charge in [-0.05, 0) is 41.8 Å². The number of carbonyl (C=O) groups excluding carboxylic acids is 2. The van der Waals surface area contributed by atoms with E-state index in [-0.39, 0.29) is 18.4 Å². The van der Waals surface area contributed by atoms with Crippen LogP contribution in [0, 0.1) is 0 Å². The van der Waals surface area contributed by atoms with Crippen molar-refractivity contribution in [3.05, 3.63) is 64.1 Å². The fourth-order valence-corrected chi connectivity index (χ4v) is 3.29. The molecule has 1 heterocycles. The number of rotatable bonds is 4. The molecule has 2 aromatic carbocycles. The Labute approximate surface area is 155 Å². The number of esters is 1. The number of nitrogens with zero attached hydrogens (tertiary/aromatic N) is 1. The van der Waals surface area contributed by atoms with Crippen LogP contribution in [0.1, 0.15) is 11.1 Å². The lowest BCUT2D eigenvalue weighted by molar-refractivity contribution is -0.148. The van der Waals surface area contributed by atoms with Gasteiger partial charge in [-0.25, -0.2) is 0 Å². The first kappa shape index (κ1) is 17.6. The fraction of sp³-hybridized carbons (Fsp3) is 0.263. The van der Waals surface area contributed by atoms with E-state index in [0.29, 0.717) is 13.0 Å². The van der Waals surface area contributed by atoms with E-state index in [4.69, 9.17) is 4.74 Å². The van der Waals surface area contributed by atoms with E-state index < -0.39 is 6.04 Å². The summed E-state index contributed by atoms with van der Waals surface area (Å²) < 4.78 is 5.88. The highest BCUT2D eigenvalue weighted by Crippen LogP contribution is 2.24. The van der Waals surface area contributed by atoms with Gasteiger partial charge in [-0.1, -0.05) is 40.2 Å². The Bertz CT molecular complexity index is 776. The minimum absolute atomic E-state index is 0.129. The second-order valence-corrected chi connectivity index (χ2v) is 6.89. The van der Waals surface area contributed by atoms with Gasteiger partial charge in [0.2, 0.25) is 5.91 Å². The molecule has 1 amide bonds. The predicted molar refractivity (Wildman–Crippen MR) is 99.1 cm³/mol. The number of fused-ring (bicyclic) bond motifs is 1. The number of halogens is 1. The van der Waals surface area contributed by atoms with Crippen molar-refractivity contribution in [2.24, 2.45) is 0 Å². The molecule has 0 spiro atoms. The average molecular weight is 403 g/mol. The van der Waals surface area contributed by atoms with Crippen LogP contribution in [0.3, 0.4) is 0 Å². The van der Waals surface area contributed by atoms with E-state index in [1.165, 1.54) is 7.11 Å².